The van der Waals surface area contributed by atoms with E-state index in [1.54, 1.807) is 0 Å². The van der Waals surface area contributed by atoms with E-state index in [0.29, 0.717) is 17.9 Å². The van der Waals surface area contributed by atoms with E-state index in [-0.39, 0.29) is 0 Å². The van der Waals surface area contributed by atoms with Gasteiger partial charge in [-0.3, -0.25) is 0 Å². The highest BCUT2D eigenvalue weighted by atomic mass is 14.7. The van der Waals surface area contributed by atoms with Crippen molar-refractivity contribution >= 4 is 0 Å². The van der Waals surface area contributed by atoms with E-state index in [4.69, 9.17) is 5.73 Å². The Balaban J connectivity index is 3.99. The summed E-state index contributed by atoms with van der Waals surface area (Å²) in [5.74, 6) is 2.08. The molecule has 0 rings (SSSR count). The van der Waals surface area contributed by atoms with Crippen LogP contribution in [0.2, 0.25) is 0 Å². The van der Waals surface area contributed by atoms with Crippen molar-refractivity contribution in [2.24, 2.45) is 23.5 Å². The Hall–Kier alpha value is -0.0400. The van der Waals surface area contributed by atoms with Gasteiger partial charge in [0.25, 0.3) is 0 Å². The highest BCUT2D eigenvalue weighted by Crippen LogP contribution is 2.22. The number of rotatable bonds is 5. The van der Waals surface area contributed by atoms with Crippen LogP contribution in [0, 0.1) is 17.8 Å². The zero-order valence-electron chi connectivity index (χ0n) is 9.30. The molecule has 0 heterocycles. The first-order valence-corrected chi connectivity index (χ1v) is 5.30. The Morgan fingerprint density at radius 2 is 1.33 bits per heavy atom. The Morgan fingerprint density at radius 1 is 0.917 bits per heavy atom. The van der Waals surface area contributed by atoms with Crippen LogP contribution in [-0.2, 0) is 0 Å². The highest BCUT2D eigenvalue weighted by Gasteiger charge is 2.21. The van der Waals surface area contributed by atoms with Crippen LogP contribution in [0.5, 0.6) is 0 Å². The number of hydrogen-bond acceptors (Lipinski definition) is 1. The topological polar surface area (TPSA) is 26.0 Å². The molecule has 0 radical (unpaired) electrons. The van der Waals surface area contributed by atoms with Crippen LogP contribution in [0.15, 0.2) is 0 Å². The van der Waals surface area contributed by atoms with Gasteiger partial charge in [-0.15, -0.1) is 0 Å². The van der Waals surface area contributed by atoms with E-state index in [2.05, 4.69) is 34.6 Å². The molecule has 0 fully saturated rings. The Morgan fingerprint density at radius 3 is 1.67 bits per heavy atom. The number of hydrogen-bond donors (Lipinski definition) is 1. The van der Waals surface area contributed by atoms with Gasteiger partial charge < -0.3 is 5.73 Å². The fourth-order valence-corrected chi connectivity index (χ4v) is 1.54. The van der Waals surface area contributed by atoms with E-state index in [9.17, 15) is 0 Å². The molecule has 0 amide bonds. The van der Waals surface area contributed by atoms with Crippen LogP contribution in [0.3, 0.4) is 0 Å². The van der Waals surface area contributed by atoms with Crippen LogP contribution in [0.4, 0.5) is 0 Å². The molecular formula is C11H25N. The molecule has 2 N–H and O–H groups in total. The maximum Gasteiger partial charge on any atom is 0.00928 e. The Labute approximate surface area is 77.7 Å². The molecule has 0 aromatic carbocycles. The third kappa shape index (κ3) is 3.14. The van der Waals surface area contributed by atoms with Gasteiger partial charge in [-0.25, -0.2) is 0 Å². The van der Waals surface area contributed by atoms with Crippen molar-refractivity contribution < 1.29 is 0 Å². The van der Waals surface area contributed by atoms with E-state index in [1.165, 1.54) is 12.8 Å². The summed E-state index contributed by atoms with van der Waals surface area (Å²) in [5.41, 5.74) is 6.15. The SMILES string of the molecule is CCC(C)C(C)C(N)C(C)CC. The molecule has 4 atom stereocenters. The average molecular weight is 171 g/mol. The summed E-state index contributed by atoms with van der Waals surface area (Å²) in [6.45, 7) is 11.3. The van der Waals surface area contributed by atoms with Gasteiger partial charge in [0.2, 0.25) is 0 Å². The lowest BCUT2D eigenvalue weighted by Crippen LogP contribution is -2.37. The molecule has 0 aromatic heterocycles. The molecule has 1 heteroatoms. The van der Waals surface area contributed by atoms with Crippen molar-refractivity contribution in [1.82, 2.24) is 0 Å². The van der Waals surface area contributed by atoms with Crippen molar-refractivity contribution in [2.75, 3.05) is 0 Å². The minimum atomic E-state index is 0.380. The first kappa shape index (κ1) is 12.0. The largest absolute Gasteiger partial charge is 0.327 e. The third-order valence-electron chi connectivity index (χ3n) is 3.45. The summed E-state index contributed by atoms with van der Waals surface area (Å²) in [6, 6.07) is 0.380. The third-order valence-corrected chi connectivity index (χ3v) is 3.45. The molecule has 1 nitrogen and oxygen atoms in total. The van der Waals surface area contributed by atoms with Crippen molar-refractivity contribution in [3.05, 3.63) is 0 Å². The summed E-state index contributed by atoms with van der Waals surface area (Å²) in [4.78, 5) is 0. The smallest absolute Gasteiger partial charge is 0.00928 e. The van der Waals surface area contributed by atoms with Crippen molar-refractivity contribution in [3.8, 4) is 0 Å². The normalized spacial score (nSPS) is 21.5. The van der Waals surface area contributed by atoms with Gasteiger partial charge in [0.15, 0.2) is 0 Å². The molecule has 0 aliphatic carbocycles. The molecule has 0 aromatic rings. The summed E-state index contributed by atoms with van der Waals surface area (Å²) in [7, 11) is 0. The van der Waals surface area contributed by atoms with E-state index in [0.717, 1.165) is 5.92 Å². The van der Waals surface area contributed by atoms with Crippen molar-refractivity contribution in [2.45, 2.75) is 53.5 Å². The molecule has 4 unspecified atom stereocenters. The lowest BCUT2D eigenvalue weighted by atomic mass is 9.81. The fraction of sp³-hybridized carbons (Fsp3) is 1.00. The predicted molar refractivity (Wildman–Crippen MR) is 56.0 cm³/mol. The van der Waals surface area contributed by atoms with Gasteiger partial charge in [0.1, 0.15) is 0 Å². The lowest BCUT2D eigenvalue weighted by molar-refractivity contribution is 0.256. The maximum atomic E-state index is 6.15. The Bertz CT molecular complexity index is 97.6. The van der Waals surface area contributed by atoms with Gasteiger partial charge in [0, 0.05) is 6.04 Å². The van der Waals surface area contributed by atoms with Crippen molar-refractivity contribution in [1.29, 1.82) is 0 Å². The van der Waals surface area contributed by atoms with Crippen LogP contribution in [0.25, 0.3) is 0 Å². The minimum Gasteiger partial charge on any atom is -0.327 e. The van der Waals surface area contributed by atoms with E-state index in [1.807, 2.05) is 0 Å². The highest BCUT2D eigenvalue weighted by molar-refractivity contribution is 4.77. The van der Waals surface area contributed by atoms with E-state index < -0.39 is 0 Å². The van der Waals surface area contributed by atoms with Crippen LogP contribution in [0.1, 0.15) is 47.5 Å². The quantitative estimate of drug-likeness (QED) is 0.676. The van der Waals surface area contributed by atoms with Gasteiger partial charge in [-0.1, -0.05) is 47.5 Å². The van der Waals surface area contributed by atoms with Crippen molar-refractivity contribution in [3.63, 3.8) is 0 Å². The molecule has 0 saturated carbocycles. The molecule has 12 heavy (non-hydrogen) atoms. The van der Waals surface area contributed by atoms with Crippen LogP contribution >= 0.6 is 0 Å². The first-order valence-electron chi connectivity index (χ1n) is 5.30. The Kier molecular flexibility index (Phi) is 5.56. The minimum absolute atomic E-state index is 0.380. The molecule has 0 saturated heterocycles. The van der Waals surface area contributed by atoms with Gasteiger partial charge in [-0.2, -0.15) is 0 Å². The number of nitrogens with two attached hydrogens (primary N) is 1. The first-order chi connectivity index (χ1) is 5.54. The summed E-state index contributed by atoms with van der Waals surface area (Å²) >= 11 is 0. The molecule has 0 bridgehead atoms. The second-order valence-electron chi connectivity index (χ2n) is 4.21. The monoisotopic (exact) mass is 171 g/mol. The molecule has 0 spiro atoms. The standard InChI is InChI=1S/C11H25N/c1-6-8(3)10(5)11(12)9(4)7-2/h8-11H,6-7,12H2,1-5H3. The zero-order valence-corrected chi connectivity index (χ0v) is 9.30. The predicted octanol–water partition coefficient (Wildman–Crippen LogP) is 3.04. The van der Waals surface area contributed by atoms with E-state index >= 15 is 0 Å². The second kappa shape index (κ2) is 5.58. The maximum absolute atomic E-state index is 6.15. The van der Waals surface area contributed by atoms with Crippen LogP contribution < -0.4 is 5.73 Å². The van der Waals surface area contributed by atoms with Gasteiger partial charge >= 0.3 is 0 Å². The summed E-state index contributed by atoms with van der Waals surface area (Å²) in [6.07, 6.45) is 2.44. The molecule has 74 valence electrons. The zero-order chi connectivity index (χ0) is 9.72. The van der Waals surface area contributed by atoms with Gasteiger partial charge in [-0.05, 0) is 17.8 Å². The summed E-state index contributed by atoms with van der Waals surface area (Å²) < 4.78 is 0. The molecule has 0 aliphatic heterocycles. The van der Waals surface area contributed by atoms with Gasteiger partial charge in [0.05, 0.1) is 0 Å². The van der Waals surface area contributed by atoms with Crippen LogP contribution in [-0.4, -0.2) is 6.04 Å². The average Bonchev–Trinajstić information content (AvgIpc) is 2.12. The molecule has 0 aliphatic rings. The lowest BCUT2D eigenvalue weighted by Gasteiger charge is -2.29. The molecular weight excluding hydrogens is 146 g/mol. The summed E-state index contributed by atoms with van der Waals surface area (Å²) in [5, 5.41) is 0. The fourth-order valence-electron chi connectivity index (χ4n) is 1.54. The second-order valence-corrected chi connectivity index (χ2v) is 4.21.